The number of aromatic hydroxyl groups is 1. The Morgan fingerprint density at radius 3 is 3.00 bits per heavy atom. The molecule has 0 amide bonds. The summed E-state index contributed by atoms with van der Waals surface area (Å²) in [6, 6.07) is 0. The van der Waals surface area contributed by atoms with Crippen LogP contribution in [0, 0.1) is 5.82 Å². The molecule has 2 rings (SSSR count). The molecule has 2 N–H and O–H groups in total. The van der Waals surface area contributed by atoms with Crippen LogP contribution in [0.5, 0.6) is 5.75 Å². The van der Waals surface area contributed by atoms with E-state index in [2.05, 4.69) is 25.9 Å². The Bertz CT molecular complexity index is 440. The topological polar surface area (TPSA) is 48.9 Å². The molecule has 0 bridgehead atoms. The number of H-pyrrole nitrogens is 1. The largest absolute Gasteiger partial charge is 0.506 e. The molecule has 0 saturated carbocycles. The SMILES string of the molecule is Oc1c[nH]c2c(Br)ncc(F)c12. The van der Waals surface area contributed by atoms with Gasteiger partial charge in [-0.15, -0.1) is 0 Å². The number of aromatic amines is 1. The van der Waals surface area contributed by atoms with Gasteiger partial charge in [-0.2, -0.15) is 0 Å². The van der Waals surface area contributed by atoms with Crippen LogP contribution >= 0.6 is 15.9 Å². The fourth-order valence-corrected chi connectivity index (χ4v) is 1.47. The van der Waals surface area contributed by atoms with Crippen molar-refractivity contribution in [2.24, 2.45) is 0 Å². The first-order valence-corrected chi connectivity index (χ1v) is 3.99. The number of rotatable bonds is 0. The zero-order valence-corrected chi connectivity index (χ0v) is 7.39. The molecule has 0 radical (unpaired) electrons. The van der Waals surface area contributed by atoms with Crippen molar-refractivity contribution in [1.29, 1.82) is 0 Å². The van der Waals surface area contributed by atoms with E-state index in [-0.39, 0.29) is 11.1 Å². The van der Waals surface area contributed by atoms with Gasteiger partial charge in [0.2, 0.25) is 0 Å². The second-order valence-electron chi connectivity index (χ2n) is 2.32. The molecule has 3 nitrogen and oxygen atoms in total. The third-order valence-electron chi connectivity index (χ3n) is 1.60. The Morgan fingerprint density at radius 2 is 2.33 bits per heavy atom. The Morgan fingerprint density at radius 1 is 1.58 bits per heavy atom. The second-order valence-corrected chi connectivity index (χ2v) is 3.07. The predicted molar refractivity (Wildman–Crippen MR) is 45.4 cm³/mol. The van der Waals surface area contributed by atoms with E-state index in [4.69, 9.17) is 0 Å². The van der Waals surface area contributed by atoms with Crippen LogP contribution in [0.1, 0.15) is 0 Å². The molecule has 0 aromatic carbocycles. The Kier molecular flexibility index (Phi) is 1.54. The minimum atomic E-state index is -0.535. The first kappa shape index (κ1) is 7.54. The van der Waals surface area contributed by atoms with E-state index in [1.54, 1.807) is 0 Å². The number of fused-ring (bicyclic) bond motifs is 1. The minimum Gasteiger partial charge on any atom is -0.506 e. The maximum Gasteiger partial charge on any atom is 0.154 e. The molecule has 0 aliphatic rings. The normalized spacial score (nSPS) is 10.8. The van der Waals surface area contributed by atoms with Gasteiger partial charge in [-0.1, -0.05) is 0 Å². The van der Waals surface area contributed by atoms with Crippen molar-refractivity contribution in [2.45, 2.75) is 0 Å². The highest BCUT2D eigenvalue weighted by atomic mass is 79.9. The molecule has 12 heavy (non-hydrogen) atoms. The number of nitrogens with one attached hydrogen (secondary N) is 1. The quantitative estimate of drug-likeness (QED) is 0.682. The Labute approximate surface area is 75.4 Å². The molecule has 0 aliphatic heterocycles. The fraction of sp³-hybridized carbons (Fsp3) is 0. The van der Waals surface area contributed by atoms with Gasteiger partial charge < -0.3 is 10.1 Å². The first-order valence-electron chi connectivity index (χ1n) is 3.20. The van der Waals surface area contributed by atoms with Gasteiger partial charge in [0.05, 0.1) is 17.1 Å². The van der Waals surface area contributed by atoms with Crippen molar-refractivity contribution >= 4 is 26.8 Å². The number of hydrogen-bond acceptors (Lipinski definition) is 2. The van der Waals surface area contributed by atoms with E-state index in [0.29, 0.717) is 10.1 Å². The molecular formula is C7H4BrFN2O. The molecule has 2 aromatic rings. The first-order chi connectivity index (χ1) is 5.70. The summed E-state index contributed by atoms with van der Waals surface area (Å²) >= 11 is 3.12. The molecule has 0 unspecified atom stereocenters. The highest BCUT2D eigenvalue weighted by molar-refractivity contribution is 9.10. The zero-order valence-electron chi connectivity index (χ0n) is 5.81. The molecule has 2 aromatic heterocycles. The highest BCUT2D eigenvalue weighted by Gasteiger charge is 2.10. The summed E-state index contributed by atoms with van der Waals surface area (Å²) < 4.78 is 13.5. The van der Waals surface area contributed by atoms with Gasteiger partial charge in [-0.3, -0.25) is 0 Å². The lowest BCUT2D eigenvalue weighted by atomic mass is 10.3. The van der Waals surface area contributed by atoms with Gasteiger partial charge >= 0.3 is 0 Å². The lowest BCUT2D eigenvalue weighted by Crippen LogP contribution is -1.82. The van der Waals surface area contributed by atoms with Crippen LogP contribution in [0.3, 0.4) is 0 Å². The summed E-state index contributed by atoms with van der Waals surface area (Å²) in [6.07, 6.45) is 2.38. The molecule has 0 atom stereocenters. The molecular weight excluding hydrogens is 227 g/mol. The maximum atomic E-state index is 13.0. The second kappa shape index (κ2) is 2.45. The van der Waals surface area contributed by atoms with Gasteiger partial charge in [-0.25, -0.2) is 9.37 Å². The van der Waals surface area contributed by atoms with Gasteiger partial charge in [-0.05, 0) is 15.9 Å². The minimum absolute atomic E-state index is 0.106. The van der Waals surface area contributed by atoms with Crippen molar-refractivity contribution < 1.29 is 9.50 Å². The van der Waals surface area contributed by atoms with Gasteiger partial charge in [0.25, 0.3) is 0 Å². The number of halogens is 2. The van der Waals surface area contributed by atoms with E-state index in [1.165, 1.54) is 6.20 Å². The summed E-state index contributed by atoms with van der Waals surface area (Å²) in [4.78, 5) is 6.42. The highest BCUT2D eigenvalue weighted by Crippen LogP contribution is 2.29. The van der Waals surface area contributed by atoms with E-state index >= 15 is 0 Å². The van der Waals surface area contributed by atoms with Crippen LogP contribution in [0.15, 0.2) is 17.0 Å². The molecule has 0 spiro atoms. The van der Waals surface area contributed by atoms with Crippen LogP contribution < -0.4 is 0 Å². The van der Waals surface area contributed by atoms with Gasteiger partial charge in [0.15, 0.2) is 5.82 Å². The molecule has 5 heteroatoms. The van der Waals surface area contributed by atoms with Crippen molar-refractivity contribution in [3.8, 4) is 5.75 Å². The number of aromatic nitrogens is 2. The van der Waals surface area contributed by atoms with E-state index in [0.717, 1.165) is 6.20 Å². The average Bonchev–Trinajstić information content (AvgIpc) is 2.42. The van der Waals surface area contributed by atoms with Crippen molar-refractivity contribution in [2.75, 3.05) is 0 Å². The van der Waals surface area contributed by atoms with Crippen molar-refractivity contribution in [1.82, 2.24) is 9.97 Å². The van der Waals surface area contributed by atoms with Crippen LogP contribution in [-0.2, 0) is 0 Å². The predicted octanol–water partition coefficient (Wildman–Crippen LogP) is 2.17. The van der Waals surface area contributed by atoms with Crippen LogP contribution in [0.4, 0.5) is 4.39 Å². The van der Waals surface area contributed by atoms with Crippen molar-refractivity contribution in [3.63, 3.8) is 0 Å². The molecule has 0 fully saturated rings. The van der Waals surface area contributed by atoms with Crippen LogP contribution in [0.2, 0.25) is 0 Å². The maximum absolute atomic E-state index is 13.0. The number of pyridine rings is 1. The number of hydrogen-bond donors (Lipinski definition) is 2. The molecule has 62 valence electrons. The van der Waals surface area contributed by atoms with E-state index in [1.807, 2.05) is 0 Å². The summed E-state index contributed by atoms with van der Waals surface area (Å²) in [6.45, 7) is 0. The lowest BCUT2D eigenvalue weighted by molar-refractivity contribution is 0.478. The fourth-order valence-electron chi connectivity index (χ4n) is 1.06. The average molecular weight is 231 g/mol. The van der Waals surface area contributed by atoms with Crippen molar-refractivity contribution in [3.05, 3.63) is 22.8 Å². The van der Waals surface area contributed by atoms with Gasteiger partial charge in [0, 0.05) is 6.20 Å². The van der Waals surface area contributed by atoms with E-state index < -0.39 is 5.82 Å². The molecule has 2 heterocycles. The molecule has 0 saturated heterocycles. The smallest absolute Gasteiger partial charge is 0.154 e. The van der Waals surface area contributed by atoms with E-state index in [9.17, 15) is 9.50 Å². The standard InChI is InChI=1S/C7H4BrFN2O/c8-7-6-5(3(9)1-11-7)4(12)2-10-6/h1-2,10,12H. The van der Waals surface area contributed by atoms with Crippen LogP contribution in [-0.4, -0.2) is 15.1 Å². The summed E-state index contributed by atoms with van der Waals surface area (Å²) in [5.74, 6) is -0.641. The van der Waals surface area contributed by atoms with Gasteiger partial charge in [0.1, 0.15) is 10.4 Å². The lowest BCUT2D eigenvalue weighted by Gasteiger charge is -1.94. The zero-order chi connectivity index (χ0) is 8.72. The number of nitrogens with zero attached hydrogens (tertiary/aromatic N) is 1. The summed E-state index contributed by atoms with van der Waals surface area (Å²) in [5, 5.41) is 9.36. The van der Waals surface area contributed by atoms with Crippen LogP contribution in [0.25, 0.3) is 10.9 Å². The summed E-state index contributed by atoms with van der Waals surface area (Å²) in [7, 11) is 0. The third-order valence-corrected chi connectivity index (χ3v) is 2.20. The Hall–Kier alpha value is -1.10. The summed E-state index contributed by atoms with van der Waals surface area (Å²) in [5.41, 5.74) is 0.465. The third kappa shape index (κ3) is 0.896. The Balaban J connectivity index is 2.98. The monoisotopic (exact) mass is 230 g/mol. The molecule has 0 aliphatic carbocycles.